The minimum absolute atomic E-state index is 0.271. The summed E-state index contributed by atoms with van der Waals surface area (Å²) in [6, 6.07) is 0.766. The fourth-order valence-electron chi connectivity index (χ4n) is 2.24. The van der Waals surface area contributed by atoms with E-state index in [-0.39, 0.29) is 6.04 Å². The van der Waals surface area contributed by atoms with Crippen LogP contribution in [0.1, 0.15) is 31.5 Å². The molecular formula is C10H18N4O. The molecule has 0 radical (unpaired) electrons. The van der Waals surface area contributed by atoms with Crippen molar-refractivity contribution in [2.75, 3.05) is 11.9 Å². The molecule has 84 valence electrons. The minimum atomic E-state index is 0.271. The molecule has 3 N–H and O–H groups in total. The molecule has 1 aromatic heterocycles. The normalized spacial score (nSPS) is 19.3. The van der Waals surface area contributed by atoms with E-state index in [0.717, 1.165) is 0 Å². The lowest BCUT2D eigenvalue weighted by Crippen LogP contribution is -2.35. The second kappa shape index (κ2) is 4.61. The van der Waals surface area contributed by atoms with Gasteiger partial charge >= 0.3 is 6.01 Å². The van der Waals surface area contributed by atoms with Crippen LogP contribution >= 0.6 is 0 Å². The van der Waals surface area contributed by atoms with E-state index in [1.54, 1.807) is 0 Å². The van der Waals surface area contributed by atoms with Gasteiger partial charge in [0, 0.05) is 12.6 Å². The maximum absolute atomic E-state index is 5.75. The van der Waals surface area contributed by atoms with Crippen LogP contribution in [-0.4, -0.2) is 22.7 Å². The number of aromatic nitrogens is 2. The summed E-state index contributed by atoms with van der Waals surface area (Å²) in [6.45, 7) is 2.42. The van der Waals surface area contributed by atoms with Crippen molar-refractivity contribution < 1.29 is 4.52 Å². The summed E-state index contributed by atoms with van der Waals surface area (Å²) in [6.07, 6.45) is 5.13. The van der Waals surface area contributed by atoms with Crippen LogP contribution in [0.2, 0.25) is 0 Å². The molecule has 1 aliphatic rings. The summed E-state index contributed by atoms with van der Waals surface area (Å²) in [4.78, 5) is 4.13. The minimum Gasteiger partial charge on any atom is -0.333 e. The van der Waals surface area contributed by atoms with Crippen LogP contribution in [0, 0.1) is 12.8 Å². The van der Waals surface area contributed by atoms with Gasteiger partial charge in [0.1, 0.15) is 0 Å². The first kappa shape index (κ1) is 10.4. The van der Waals surface area contributed by atoms with E-state index in [1.807, 2.05) is 6.92 Å². The number of hydrogen-bond acceptors (Lipinski definition) is 5. The summed E-state index contributed by atoms with van der Waals surface area (Å²) in [5.41, 5.74) is 5.75. The van der Waals surface area contributed by atoms with Gasteiger partial charge in [-0.3, -0.25) is 0 Å². The van der Waals surface area contributed by atoms with Crippen LogP contribution in [-0.2, 0) is 0 Å². The van der Waals surface area contributed by atoms with Gasteiger partial charge in [-0.1, -0.05) is 18.0 Å². The molecule has 0 aliphatic heterocycles. The third-order valence-electron chi connectivity index (χ3n) is 3.06. The Labute approximate surface area is 89.4 Å². The van der Waals surface area contributed by atoms with Crippen molar-refractivity contribution in [3.8, 4) is 0 Å². The van der Waals surface area contributed by atoms with Gasteiger partial charge in [0.2, 0.25) is 0 Å². The van der Waals surface area contributed by atoms with E-state index in [9.17, 15) is 0 Å². The number of rotatable bonds is 4. The van der Waals surface area contributed by atoms with Gasteiger partial charge in [-0.15, -0.1) is 0 Å². The van der Waals surface area contributed by atoms with Crippen LogP contribution in [0.5, 0.6) is 0 Å². The lowest BCUT2D eigenvalue weighted by Gasteiger charge is -2.21. The zero-order valence-electron chi connectivity index (χ0n) is 9.07. The molecule has 5 heteroatoms. The highest BCUT2D eigenvalue weighted by Crippen LogP contribution is 2.28. The predicted octanol–water partition coefficient (Wildman–Crippen LogP) is 1.31. The molecule has 1 unspecified atom stereocenters. The highest BCUT2D eigenvalue weighted by Gasteiger charge is 2.24. The Hall–Kier alpha value is -1.10. The summed E-state index contributed by atoms with van der Waals surface area (Å²) in [7, 11) is 0. The Balaban J connectivity index is 1.95. The van der Waals surface area contributed by atoms with Gasteiger partial charge < -0.3 is 15.6 Å². The van der Waals surface area contributed by atoms with Crippen molar-refractivity contribution in [3.05, 3.63) is 5.82 Å². The Morgan fingerprint density at radius 1 is 1.53 bits per heavy atom. The third-order valence-corrected chi connectivity index (χ3v) is 3.06. The third kappa shape index (κ3) is 2.47. The molecule has 0 aromatic carbocycles. The molecule has 1 saturated carbocycles. The van der Waals surface area contributed by atoms with Gasteiger partial charge in [-0.2, -0.15) is 4.98 Å². The van der Waals surface area contributed by atoms with Gasteiger partial charge in [0.05, 0.1) is 0 Å². The van der Waals surface area contributed by atoms with Crippen molar-refractivity contribution in [3.63, 3.8) is 0 Å². The Morgan fingerprint density at radius 3 is 2.80 bits per heavy atom. The molecule has 5 nitrogen and oxygen atoms in total. The first-order valence-electron chi connectivity index (χ1n) is 5.56. The van der Waals surface area contributed by atoms with Gasteiger partial charge in [-0.05, 0) is 25.7 Å². The number of aryl methyl sites for hydroxylation is 1. The van der Waals surface area contributed by atoms with Crippen molar-refractivity contribution in [2.24, 2.45) is 11.7 Å². The van der Waals surface area contributed by atoms with Crippen molar-refractivity contribution >= 4 is 6.01 Å². The molecule has 2 rings (SSSR count). The lowest BCUT2D eigenvalue weighted by molar-refractivity contribution is 0.401. The van der Waals surface area contributed by atoms with Crippen LogP contribution in [0.3, 0.4) is 0 Å². The summed E-state index contributed by atoms with van der Waals surface area (Å²) < 4.78 is 5.03. The highest BCUT2D eigenvalue weighted by atomic mass is 16.5. The topological polar surface area (TPSA) is 77.0 Å². The summed E-state index contributed by atoms with van der Waals surface area (Å²) in [5.74, 6) is 1.31. The first-order valence-corrected chi connectivity index (χ1v) is 5.56. The molecule has 1 aromatic rings. The fourth-order valence-corrected chi connectivity index (χ4v) is 2.24. The van der Waals surface area contributed by atoms with Crippen molar-refractivity contribution in [1.29, 1.82) is 0 Å². The molecule has 1 fully saturated rings. The summed E-state index contributed by atoms with van der Waals surface area (Å²) >= 11 is 0. The maximum atomic E-state index is 5.75. The number of nitrogens with two attached hydrogens (primary N) is 1. The van der Waals surface area contributed by atoms with E-state index < -0.39 is 0 Å². The zero-order chi connectivity index (χ0) is 10.7. The number of nitrogens with one attached hydrogen (secondary N) is 1. The molecular weight excluding hydrogens is 192 g/mol. The number of nitrogens with zero attached hydrogens (tertiary/aromatic N) is 2. The van der Waals surface area contributed by atoms with Crippen LogP contribution in [0.15, 0.2) is 4.52 Å². The van der Waals surface area contributed by atoms with E-state index in [0.29, 0.717) is 24.3 Å². The molecule has 1 heterocycles. The second-order valence-corrected chi connectivity index (χ2v) is 4.18. The second-order valence-electron chi connectivity index (χ2n) is 4.18. The van der Waals surface area contributed by atoms with Crippen molar-refractivity contribution in [1.82, 2.24) is 10.1 Å². The Kier molecular flexibility index (Phi) is 3.20. The summed E-state index contributed by atoms with van der Waals surface area (Å²) in [5, 5.41) is 6.97. The number of anilines is 1. The van der Waals surface area contributed by atoms with Gasteiger partial charge in [0.25, 0.3) is 0 Å². The van der Waals surface area contributed by atoms with Crippen LogP contribution in [0.25, 0.3) is 0 Å². The molecule has 15 heavy (non-hydrogen) atoms. The average Bonchev–Trinajstić information content (AvgIpc) is 2.85. The Bertz CT molecular complexity index is 306. The van der Waals surface area contributed by atoms with E-state index in [2.05, 4.69) is 15.5 Å². The van der Waals surface area contributed by atoms with Crippen LogP contribution < -0.4 is 11.1 Å². The monoisotopic (exact) mass is 210 g/mol. The molecule has 1 aliphatic carbocycles. The zero-order valence-corrected chi connectivity index (χ0v) is 9.07. The van der Waals surface area contributed by atoms with E-state index >= 15 is 0 Å². The molecule has 0 saturated heterocycles. The van der Waals surface area contributed by atoms with Crippen molar-refractivity contribution in [2.45, 2.75) is 38.6 Å². The van der Waals surface area contributed by atoms with E-state index in [4.69, 9.17) is 10.3 Å². The number of hydrogen-bond donors (Lipinski definition) is 2. The molecule has 0 amide bonds. The quantitative estimate of drug-likeness (QED) is 0.783. The molecule has 0 spiro atoms. The predicted molar refractivity (Wildman–Crippen MR) is 57.5 cm³/mol. The molecule has 0 bridgehead atoms. The Morgan fingerprint density at radius 2 is 2.27 bits per heavy atom. The van der Waals surface area contributed by atoms with Crippen LogP contribution in [0.4, 0.5) is 6.01 Å². The lowest BCUT2D eigenvalue weighted by atomic mass is 9.98. The van der Waals surface area contributed by atoms with E-state index in [1.165, 1.54) is 25.7 Å². The highest BCUT2D eigenvalue weighted by molar-refractivity contribution is 5.21. The maximum Gasteiger partial charge on any atom is 0.321 e. The molecule has 1 atom stereocenters. The largest absolute Gasteiger partial charge is 0.333 e. The van der Waals surface area contributed by atoms with Gasteiger partial charge in [0.15, 0.2) is 5.82 Å². The SMILES string of the molecule is Cc1noc(NC(CN)C2CCCC2)n1. The standard InChI is InChI=1S/C10H18N4O/c1-7-12-10(15-14-7)13-9(6-11)8-4-2-3-5-8/h8-9H,2-6,11H2,1H3,(H,12,13,14). The average molecular weight is 210 g/mol. The smallest absolute Gasteiger partial charge is 0.321 e. The fraction of sp³-hybridized carbons (Fsp3) is 0.800. The first-order chi connectivity index (χ1) is 7.29. The van der Waals surface area contributed by atoms with Gasteiger partial charge in [-0.25, -0.2) is 0 Å².